The molecule has 0 radical (unpaired) electrons. The van der Waals surface area contributed by atoms with Gasteiger partial charge < -0.3 is 20.1 Å². The van der Waals surface area contributed by atoms with Gasteiger partial charge in [-0.2, -0.15) is 0 Å². The van der Waals surface area contributed by atoms with Crippen LogP contribution >= 0.6 is 0 Å². The molecule has 2 atom stereocenters. The topological polar surface area (TPSA) is 78.9 Å². The monoisotopic (exact) mass is 338 g/mol. The van der Waals surface area contributed by atoms with Crippen LogP contribution in [0.4, 0.5) is 9.18 Å². The van der Waals surface area contributed by atoms with Gasteiger partial charge in [0.1, 0.15) is 6.10 Å². The molecule has 1 aromatic carbocycles. The van der Waals surface area contributed by atoms with Gasteiger partial charge in [0.05, 0.1) is 12.5 Å². The number of piperidine rings is 1. The molecule has 2 N–H and O–H groups in total. The van der Waals surface area contributed by atoms with Crippen LogP contribution in [0.1, 0.15) is 26.2 Å². The number of hydrogen-bond donors (Lipinski definition) is 2. The van der Waals surface area contributed by atoms with Crippen LogP contribution < -0.4 is 10.1 Å². The molecular formula is C17H23FN2O4. The van der Waals surface area contributed by atoms with E-state index in [1.165, 1.54) is 11.0 Å². The Labute approximate surface area is 140 Å². The third kappa shape index (κ3) is 4.84. The van der Waals surface area contributed by atoms with Gasteiger partial charge >= 0.3 is 12.0 Å². The first-order chi connectivity index (χ1) is 11.5. The largest absolute Gasteiger partial charge is 0.486 e. The fourth-order valence-corrected chi connectivity index (χ4v) is 2.67. The molecule has 2 unspecified atom stereocenters. The van der Waals surface area contributed by atoms with E-state index in [4.69, 9.17) is 9.84 Å². The fourth-order valence-electron chi connectivity index (χ4n) is 2.67. The first kappa shape index (κ1) is 18.0. The van der Waals surface area contributed by atoms with E-state index in [-0.39, 0.29) is 31.0 Å². The smallest absolute Gasteiger partial charge is 0.317 e. The van der Waals surface area contributed by atoms with Crippen LogP contribution in [-0.2, 0) is 4.79 Å². The predicted octanol–water partition coefficient (Wildman–Crippen LogP) is 2.49. The van der Waals surface area contributed by atoms with Crippen LogP contribution in [0.5, 0.6) is 5.75 Å². The lowest BCUT2D eigenvalue weighted by Gasteiger charge is -2.31. The molecule has 1 fully saturated rings. The van der Waals surface area contributed by atoms with Crippen molar-refractivity contribution >= 4 is 12.0 Å². The van der Waals surface area contributed by atoms with Crippen molar-refractivity contribution in [2.45, 2.75) is 32.3 Å². The zero-order valence-electron chi connectivity index (χ0n) is 13.7. The van der Waals surface area contributed by atoms with Gasteiger partial charge in [0.15, 0.2) is 11.6 Å². The molecular weight excluding hydrogens is 315 g/mol. The van der Waals surface area contributed by atoms with Gasteiger partial charge in [0, 0.05) is 13.1 Å². The third-order valence-electron chi connectivity index (χ3n) is 4.12. The maximum atomic E-state index is 13.6. The molecule has 0 spiro atoms. The van der Waals surface area contributed by atoms with Crippen LogP contribution in [0.3, 0.4) is 0 Å². The number of hydrogen-bond acceptors (Lipinski definition) is 3. The number of carbonyl (C=O) groups excluding carboxylic acids is 1. The first-order valence-electron chi connectivity index (χ1n) is 8.18. The number of para-hydroxylation sites is 1. The molecule has 1 aromatic rings. The number of rotatable bonds is 6. The number of carboxylic acids is 1. The van der Waals surface area contributed by atoms with Gasteiger partial charge in [0.25, 0.3) is 0 Å². The molecule has 0 aliphatic carbocycles. The maximum Gasteiger partial charge on any atom is 0.317 e. The molecule has 0 bridgehead atoms. The van der Waals surface area contributed by atoms with E-state index < -0.39 is 17.7 Å². The molecule has 1 heterocycles. The van der Waals surface area contributed by atoms with Crippen molar-refractivity contribution in [3.63, 3.8) is 0 Å². The summed E-state index contributed by atoms with van der Waals surface area (Å²) in [5, 5.41) is 11.8. The number of ether oxygens (including phenoxy) is 1. The van der Waals surface area contributed by atoms with E-state index in [9.17, 15) is 14.0 Å². The molecule has 2 rings (SSSR count). The normalized spacial score (nSPS) is 18.8. The zero-order valence-corrected chi connectivity index (χ0v) is 13.7. The van der Waals surface area contributed by atoms with Gasteiger partial charge in [-0.1, -0.05) is 19.1 Å². The summed E-state index contributed by atoms with van der Waals surface area (Å²) in [7, 11) is 0. The number of halogens is 1. The van der Waals surface area contributed by atoms with E-state index in [0.29, 0.717) is 25.8 Å². The first-order valence-corrected chi connectivity index (χ1v) is 8.18. The lowest BCUT2D eigenvalue weighted by molar-refractivity contribution is -0.143. The number of carboxylic acid groups (broad SMARTS) is 1. The number of likely N-dealkylation sites (tertiary alicyclic amines) is 1. The van der Waals surface area contributed by atoms with Gasteiger partial charge in [0.2, 0.25) is 0 Å². The second-order valence-electron chi connectivity index (χ2n) is 5.89. The lowest BCUT2D eigenvalue weighted by atomic mass is 9.99. The highest BCUT2D eigenvalue weighted by molar-refractivity contribution is 5.76. The van der Waals surface area contributed by atoms with E-state index in [0.717, 1.165) is 0 Å². The molecule has 1 aliphatic heterocycles. The summed E-state index contributed by atoms with van der Waals surface area (Å²) in [4.78, 5) is 24.8. The Morgan fingerprint density at radius 2 is 2.21 bits per heavy atom. The summed E-state index contributed by atoms with van der Waals surface area (Å²) in [6.45, 7) is 2.88. The zero-order chi connectivity index (χ0) is 17.5. The van der Waals surface area contributed by atoms with Gasteiger partial charge in [-0.05, 0) is 31.4 Å². The highest BCUT2D eigenvalue weighted by Crippen LogP contribution is 2.18. The van der Waals surface area contributed by atoms with Crippen molar-refractivity contribution in [1.82, 2.24) is 10.2 Å². The van der Waals surface area contributed by atoms with Crippen molar-refractivity contribution < 1.29 is 23.8 Å². The van der Waals surface area contributed by atoms with Crippen LogP contribution in [-0.4, -0.2) is 47.7 Å². The van der Waals surface area contributed by atoms with Crippen LogP contribution in [0.2, 0.25) is 0 Å². The summed E-state index contributed by atoms with van der Waals surface area (Å²) in [5.41, 5.74) is 0. The molecule has 24 heavy (non-hydrogen) atoms. The van der Waals surface area contributed by atoms with Crippen molar-refractivity contribution in [3.8, 4) is 5.75 Å². The number of nitrogens with one attached hydrogen (secondary N) is 1. The van der Waals surface area contributed by atoms with Crippen LogP contribution in [0.25, 0.3) is 0 Å². The summed E-state index contributed by atoms with van der Waals surface area (Å²) in [6, 6.07) is 5.82. The Balaban J connectivity index is 1.85. The molecule has 0 saturated carbocycles. The molecule has 1 saturated heterocycles. The Kier molecular flexibility index (Phi) is 6.40. The molecule has 1 aliphatic rings. The molecule has 7 heteroatoms. The average molecular weight is 338 g/mol. The van der Waals surface area contributed by atoms with Crippen LogP contribution in [0, 0.1) is 11.7 Å². The maximum absolute atomic E-state index is 13.6. The standard InChI is InChI=1S/C17H23FN2O4/c1-2-13(24-15-8-4-3-7-14(15)18)10-19-17(23)20-9-5-6-12(11-20)16(21)22/h3-4,7-8,12-13H,2,5-6,9-11H2,1H3,(H,19,23)(H,21,22). The minimum Gasteiger partial charge on any atom is -0.486 e. The van der Waals surface area contributed by atoms with Crippen molar-refractivity contribution in [3.05, 3.63) is 30.1 Å². The van der Waals surface area contributed by atoms with E-state index >= 15 is 0 Å². The number of amides is 2. The Bertz CT molecular complexity index is 581. The third-order valence-corrected chi connectivity index (χ3v) is 4.12. The number of aliphatic carboxylic acids is 1. The summed E-state index contributed by atoms with van der Waals surface area (Å²) in [6.07, 6.45) is 1.51. The van der Waals surface area contributed by atoms with Crippen LogP contribution in [0.15, 0.2) is 24.3 Å². The minimum absolute atomic E-state index is 0.155. The Morgan fingerprint density at radius 1 is 1.46 bits per heavy atom. The lowest BCUT2D eigenvalue weighted by Crippen LogP contribution is -2.49. The van der Waals surface area contributed by atoms with Crippen molar-refractivity contribution in [2.24, 2.45) is 5.92 Å². The molecule has 2 amide bonds. The minimum atomic E-state index is -0.873. The van der Waals surface area contributed by atoms with E-state index in [1.807, 2.05) is 6.92 Å². The quantitative estimate of drug-likeness (QED) is 0.835. The highest BCUT2D eigenvalue weighted by Gasteiger charge is 2.28. The van der Waals surface area contributed by atoms with Crippen molar-refractivity contribution in [2.75, 3.05) is 19.6 Å². The average Bonchev–Trinajstić information content (AvgIpc) is 2.60. The Hall–Kier alpha value is -2.31. The second kappa shape index (κ2) is 8.52. The van der Waals surface area contributed by atoms with Gasteiger partial charge in [-0.25, -0.2) is 9.18 Å². The summed E-state index contributed by atoms with van der Waals surface area (Å²) >= 11 is 0. The van der Waals surface area contributed by atoms with E-state index in [1.54, 1.807) is 18.2 Å². The van der Waals surface area contributed by atoms with E-state index in [2.05, 4.69) is 5.32 Å². The van der Waals surface area contributed by atoms with Gasteiger partial charge in [-0.3, -0.25) is 4.79 Å². The summed E-state index contributed by atoms with van der Waals surface area (Å²) < 4.78 is 19.2. The number of nitrogens with zero attached hydrogens (tertiary/aromatic N) is 1. The molecule has 0 aromatic heterocycles. The second-order valence-corrected chi connectivity index (χ2v) is 5.89. The highest BCUT2D eigenvalue weighted by atomic mass is 19.1. The molecule has 6 nitrogen and oxygen atoms in total. The fraction of sp³-hybridized carbons (Fsp3) is 0.529. The summed E-state index contributed by atoms with van der Waals surface area (Å²) in [5.74, 6) is -1.67. The van der Waals surface area contributed by atoms with Crippen molar-refractivity contribution in [1.29, 1.82) is 0 Å². The molecule has 132 valence electrons. The SMILES string of the molecule is CCC(CNC(=O)N1CCCC(C(=O)O)C1)Oc1ccccc1F. The Morgan fingerprint density at radius 3 is 2.88 bits per heavy atom. The number of carbonyl (C=O) groups is 2. The predicted molar refractivity (Wildman–Crippen MR) is 86.4 cm³/mol. The number of benzene rings is 1. The number of urea groups is 1. The van der Waals surface area contributed by atoms with Gasteiger partial charge in [-0.15, -0.1) is 0 Å².